The maximum Gasteiger partial charge on any atom is 0.0484 e. The Kier molecular flexibility index (Phi) is 3.50. The van der Waals surface area contributed by atoms with Gasteiger partial charge >= 0.3 is 0 Å². The summed E-state index contributed by atoms with van der Waals surface area (Å²) in [7, 11) is 1.96. The van der Waals surface area contributed by atoms with Crippen LogP contribution >= 0.6 is 0 Å². The molecule has 2 heteroatoms. The Hall–Kier alpha value is -1.05. The largest absolute Gasteiger partial charge is 0.388 e. The van der Waals surface area contributed by atoms with E-state index in [0.29, 0.717) is 11.8 Å². The van der Waals surface area contributed by atoms with Crippen LogP contribution in [0.4, 0.5) is 5.69 Å². The first-order chi connectivity index (χ1) is 6.57. The average molecular weight is 192 g/mol. The summed E-state index contributed by atoms with van der Waals surface area (Å²) in [5, 5.41) is 3.23. The minimum Gasteiger partial charge on any atom is -0.388 e. The molecule has 1 aromatic heterocycles. The molecule has 0 amide bonds. The summed E-state index contributed by atoms with van der Waals surface area (Å²) in [6.07, 6.45) is 1.88. The van der Waals surface area contributed by atoms with Crippen molar-refractivity contribution in [1.82, 2.24) is 4.98 Å². The second-order valence-corrected chi connectivity index (χ2v) is 4.22. The van der Waals surface area contributed by atoms with E-state index in [4.69, 9.17) is 0 Å². The van der Waals surface area contributed by atoms with E-state index >= 15 is 0 Å². The molecule has 1 N–H and O–H groups in total. The van der Waals surface area contributed by atoms with E-state index in [-0.39, 0.29) is 0 Å². The summed E-state index contributed by atoms with van der Waals surface area (Å²) >= 11 is 0. The van der Waals surface area contributed by atoms with Gasteiger partial charge in [0.2, 0.25) is 0 Å². The number of nitrogens with one attached hydrogen (secondary N) is 1. The third-order valence-electron chi connectivity index (χ3n) is 2.41. The molecule has 14 heavy (non-hydrogen) atoms. The van der Waals surface area contributed by atoms with Crippen LogP contribution in [0.2, 0.25) is 0 Å². The van der Waals surface area contributed by atoms with Crippen LogP contribution in [0, 0.1) is 0 Å². The van der Waals surface area contributed by atoms with E-state index < -0.39 is 0 Å². The Morgan fingerprint density at radius 1 is 1.14 bits per heavy atom. The van der Waals surface area contributed by atoms with Crippen molar-refractivity contribution in [3.63, 3.8) is 0 Å². The highest BCUT2D eigenvalue weighted by Crippen LogP contribution is 2.30. The SMILES string of the molecule is CNc1ccnc(C(C)C)c1C(C)C. The van der Waals surface area contributed by atoms with Gasteiger partial charge in [0, 0.05) is 24.6 Å². The van der Waals surface area contributed by atoms with Gasteiger partial charge in [0.05, 0.1) is 0 Å². The number of hydrogen-bond acceptors (Lipinski definition) is 2. The molecular weight excluding hydrogens is 172 g/mol. The Morgan fingerprint density at radius 2 is 1.79 bits per heavy atom. The van der Waals surface area contributed by atoms with Crippen molar-refractivity contribution in [3.05, 3.63) is 23.5 Å². The number of rotatable bonds is 3. The zero-order chi connectivity index (χ0) is 10.7. The summed E-state index contributed by atoms with van der Waals surface area (Å²) < 4.78 is 0. The molecule has 0 bridgehead atoms. The summed E-state index contributed by atoms with van der Waals surface area (Å²) in [4.78, 5) is 4.47. The lowest BCUT2D eigenvalue weighted by Crippen LogP contribution is -2.06. The molecule has 1 heterocycles. The lowest BCUT2D eigenvalue weighted by molar-refractivity contribution is 0.759. The molecular formula is C12H20N2. The fourth-order valence-electron chi connectivity index (χ4n) is 1.77. The molecule has 0 aliphatic heterocycles. The Morgan fingerprint density at radius 3 is 2.21 bits per heavy atom. The standard InChI is InChI=1S/C12H20N2/c1-8(2)11-10(13-5)6-7-14-12(11)9(3)4/h6-9H,1-5H3,(H,13,14). The van der Waals surface area contributed by atoms with Crippen molar-refractivity contribution in [2.75, 3.05) is 12.4 Å². The van der Waals surface area contributed by atoms with Gasteiger partial charge in [0.15, 0.2) is 0 Å². The second-order valence-electron chi connectivity index (χ2n) is 4.22. The van der Waals surface area contributed by atoms with Crippen LogP contribution in [0.3, 0.4) is 0 Å². The maximum atomic E-state index is 4.47. The summed E-state index contributed by atoms with van der Waals surface area (Å²) in [5.74, 6) is 1.00. The zero-order valence-corrected chi connectivity index (χ0v) is 9.76. The van der Waals surface area contributed by atoms with Crippen LogP contribution in [0.15, 0.2) is 12.3 Å². The number of nitrogens with zero attached hydrogens (tertiary/aromatic N) is 1. The zero-order valence-electron chi connectivity index (χ0n) is 9.76. The van der Waals surface area contributed by atoms with Gasteiger partial charge in [-0.25, -0.2) is 0 Å². The molecule has 0 aromatic carbocycles. The van der Waals surface area contributed by atoms with Crippen molar-refractivity contribution in [2.45, 2.75) is 39.5 Å². The minimum absolute atomic E-state index is 0.487. The summed E-state index contributed by atoms with van der Waals surface area (Å²) in [5.41, 5.74) is 3.77. The van der Waals surface area contributed by atoms with E-state index in [1.165, 1.54) is 16.9 Å². The molecule has 0 fully saturated rings. The first-order valence-corrected chi connectivity index (χ1v) is 5.24. The molecule has 0 unspecified atom stereocenters. The molecule has 0 saturated carbocycles. The molecule has 78 valence electrons. The monoisotopic (exact) mass is 192 g/mol. The van der Waals surface area contributed by atoms with Gasteiger partial charge in [-0.1, -0.05) is 27.7 Å². The lowest BCUT2D eigenvalue weighted by atomic mass is 9.94. The Labute approximate surface area is 86.8 Å². The van der Waals surface area contributed by atoms with E-state index in [9.17, 15) is 0 Å². The molecule has 0 saturated heterocycles. The van der Waals surface area contributed by atoms with Crippen molar-refractivity contribution in [3.8, 4) is 0 Å². The Balaban J connectivity index is 3.28. The normalized spacial score (nSPS) is 11.1. The van der Waals surface area contributed by atoms with Crippen LogP contribution in [0.5, 0.6) is 0 Å². The van der Waals surface area contributed by atoms with Crippen LogP contribution in [-0.2, 0) is 0 Å². The van der Waals surface area contributed by atoms with Gasteiger partial charge in [0.1, 0.15) is 0 Å². The van der Waals surface area contributed by atoms with E-state index in [1.807, 2.05) is 19.3 Å². The summed E-state index contributed by atoms with van der Waals surface area (Å²) in [6, 6.07) is 2.04. The molecule has 2 nitrogen and oxygen atoms in total. The van der Waals surface area contributed by atoms with Crippen molar-refractivity contribution < 1.29 is 0 Å². The molecule has 1 rings (SSSR count). The minimum atomic E-state index is 0.487. The quantitative estimate of drug-likeness (QED) is 0.794. The van der Waals surface area contributed by atoms with Gasteiger partial charge in [-0.2, -0.15) is 0 Å². The van der Waals surface area contributed by atoms with Crippen LogP contribution in [0.25, 0.3) is 0 Å². The highest BCUT2D eigenvalue weighted by atomic mass is 14.8. The van der Waals surface area contributed by atoms with Crippen molar-refractivity contribution in [2.24, 2.45) is 0 Å². The van der Waals surface area contributed by atoms with E-state index in [2.05, 4.69) is 38.0 Å². The molecule has 0 spiro atoms. The lowest BCUT2D eigenvalue weighted by Gasteiger charge is -2.18. The molecule has 0 radical (unpaired) electrons. The summed E-state index contributed by atoms with van der Waals surface area (Å²) in [6.45, 7) is 8.80. The third-order valence-corrected chi connectivity index (χ3v) is 2.41. The van der Waals surface area contributed by atoms with Gasteiger partial charge < -0.3 is 5.32 Å². The molecule has 0 atom stereocenters. The van der Waals surface area contributed by atoms with Crippen LogP contribution < -0.4 is 5.32 Å². The number of hydrogen-bond donors (Lipinski definition) is 1. The average Bonchev–Trinajstić information content (AvgIpc) is 2.16. The predicted molar refractivity (Wildman–Crippen MR) is 62.0 cm³/mol. The number of pyridine rings is 1. The van der Waals surface area contributed by atoms with E-state index in [0.717, 1.165) is 0 Å². The topological polar surface area (TPSA) is 24.9 Å². The number of anilines is 1. The van der Waals surface area contributed by atoms with Crippen LogP contribution in [-0.4, -0.2) is 12.0 Å². The van der Waals surface area contributed by atoms with Crippen molar-refractivity contribution >= 4 is 5.69 Å². The predicted octanol–water partition coefficient (Wildman–Crippen LogP) is 3.37. The fourth-order valence-corrected chi connectivity index (χ4v) is 1.77. The molecule has 0 aliphatic carbocycles. The highest BCUT2D eigenvalue weighted by Gasteiger charge is 2.14. The third kappa shape index (κ3) is 2.06. The van der Waals surface area contributed by atoms with Crippen LogP contribution in [0.1, 0.15) is 50.8 Å². The van der Waals surface area contributed by atoms with Gasteiger partial charge in [0.25, 0.3) is 0 Å². The molecule has 1 aromatic rings. The van der Waals surface area contributed by atoms with Gasteiger partial charge in [-0.3, -0.25) is 4.98 Å². The van der Waals surface area contributed by atoms with E-state index in [1.54, 1.807) is 0 Å². The fraction of sp³-hybridized carbons (Fsp3) is 0.583. The van der Waals surface area contributed by atoms with Crippen molar-refractivity contribution in [1.29, 1.82) is 0 Å². The second kappa shape index (κ2) is 4.45. The highest BCUT2D eigenvalue weighted by molar-refractivity contribution is 5.54. The molecule has 0 aliphatic rings. The number of aromatic nitrogens is 1. The first kappa shape index (κ1) is 11.0. The smallest absolute Gasteiger partial charge is 0.0484 e. The van der Waals surface area contributed by atoms with Gasteiger partial charge in [-0.15, -0.1) is 0 Å². The maximum absolute atomic E-state index is 4.47. The van der Waals surface area contributed by atoms with Gasteiger partial charge in [-0.05, 0) is 23.5 Å². The Bertz CT molecular complexity index is 303. The first-order valence-electron chi connectivity index (χ1n) is 5.24.